The first-order chi connectivity index (χ1) is 9.16. The minimum Gasteiger partial charge on any atom is -0.506 e. The zero-order valence-corrected chi connectivity index (χ0v) is 11.5. The van der Waals surface area contributed by atoms with Crippen molar-refractivity contribution in [2.45, 2.75) is 45.2 Å². The predicted molar refractivity (Wildman–Crippen MR) is 73.1 cm³/mol. The van der Waals surface area contributed by atoms with Crippen molar-refractivity contribution in [3.05, 3.63) is 24.2 Å². The molecule has 5 nitrogen and oxygen atoms in total. The van der Waals surface area contributed by atoms with Crippen LogP contribution in [0, 0.1) is 0 Å². The summed E-state index contributed by atoms with van der Waals surface area (Å²) < 4.78 is 1.92. The Bertz CT molecular complexity index is 578. The van der Waals surface area contributed by atoms with Crippen LogP contribution in [0.25, 0.3) is 5.65 Å². The van der Waals surface area contributed by atoms with Gasteiger partial charge in [-0.15, -0.1) is 10.2 Å². The number of hydrogen-bond donors (Lipinski definition) is 1. The normalized spacial score (nSPS) is 21.3. The molecule has 3 heterocycles. The summed E-state index contributed by atoms with van der Waals surface area (Å²) >= 11 is 0. The zero-order chi connectivity index (χ0) is 13.4. The molecule has 2 aromatic rings. The average molecular weight is 260 g/mol. The van der Waals surface area contributed by atoms with E-state index in [1.54, 1.807) is 18.3 Å². The van der Waals surface area contributed by atoms with Crippen molar-refractivity contribution in [3.63, 3.8) is 0 Å². The highest BCUT2D eigenvalue weighted by molar-refractivity contribution is 5.41. The van der Waals surface area contributed by atoms with Gasteiger partial charge in [0.15, 0.2) is 11.5 Å². The van der Waals surface area contributed by atoms with Gasteiger partial charge < -0.3 is 5.11 Å². The summed E-state index contributed by atoms with van der Waals surface area (Å²) in [4.78, 5) is 2.48. The second kappa shape index (κ2) is 4.81. The fourth-order valence-electron chi connectivity index (χ4n) is 2.97. The standard InChI is InChI=1S/C14H20N4O/c1-10(2)17-8-4-3-5-12(17)14-16-15-13-7-6-11(19)9-18(13)14/h6-7,9-10,12,19H,3-5,8H2,1-2H3. The molecule has 0 radical (unpaired) electrons. The van der Waals surface area contributed by atoms with Crippen LogP contribution in [0.15, 0.2) is 18.3 Å². The van der Waals surface area contributed by atoms with Crippen LogP contribution < -0.4 is 0 Å². The molecule has 0 spiro atoms. The van der Waals surface area contributed by atoms with Gasteiger partial charge in [-0.1, -0.05) is 6.42 Å². The monoisotopic (exact) mass is 260 g/mol. The van der Waals surface area contributed by atoms with Gasteiger partial charge in [-0.25, -0.2) is 0 Å². The minimum absolute atomic E-state index is 0.250. The van der Waals surface area contributed by atoms with Gasteiger partial charge in [-0.05, 0) is 45.4 Å². The van der Waals surface area contributed by atoms with Gasteiger partial charge in [-0.3, -0.25) is 9.30 Å². The SMILES string of the molecule is CC(C)N1CCCCC1c1nnc2ccc(O)cn12. The van der Waals surface area contributed by atoms with E-state index >= 15 is 0 Å². The molecule has 3 rings (SSSR count). The molecule has 0 aliphatic carbocycles. The molecule has 1 fully saturated rings. The van der Waals surface area contributed by atoms with Crippen molar-refractivity contribution in [3.8, 4) is 5.75 Å². The lowest BCUT2D eigenvalue weighted by atomic mass is 10.00. The molecule has 1 aliphatic heterocycles. The number of rotatable bonds is 2. The lowest BCUT2D eigenvalue weighted by Crippen LogP contribution is -2.39. The molecular weight excluding hydrogens is 240 g/mol. The second-order valence-electron chi connectivity index (χ2n) is 5.52. The summed E-state index contributed by atoms with van der Waals surface area (Å²) in [5.74, 6) is 1.19. The highest BCUT2D eigenvalue weighted by Crippen LogP contribution is 2.31. The highest BCUT2D eigenvalue weighted by atomic mass is 16.3. The van der Waals surface area contributed by atoms with Crippen LogP contribution in [0.4, 0.5) is 0 Å². The molecule has 0 bridgehead atoms. The fourth-order valence-corrected chi connectivity index (χ4v) is 2.97. The van der Waals surface area contributed by atoms with Crippen LogP contribution in [0.1, 0.15) is 45.0 Å². The maximum Gasteiger partial charge on any atom is 0.161 e. The summed E-state index contributed by atoms with van der Waals surface area (Å²) in [5.41, 5.74) is 0.794. The molecule has 0 saturated carbocycles. The number of pyridine rings is 1. The number of hydrogen-bond acceptors (Lipinski definition) is 4. The number of aromatic nitrogens is 3. The Balaban J connectivity index is 2.04. The number of fused-ring (bicyclic) bond motifs is 1. The van der Waals surface area contributed by atoms with Gasteiger partial charge in [0, 0.05) is 6.04 Å². The average Bonchev–Trinajstić information content (AvgIpc) is 2.81. The third-order valence-corrected chi connectivity index (χ3v) is 3.92. The van der Waals surface area contributed by atoms with E-state index in [1.165, 1.54) is 12.8 Å². The number of piperidine rings is 1. The van der Waals surface area contributed by atoms with Crippen molar-refractivity contribution in [1.82, 2.24) is 19.5 Å². The molecule has 1 N–H and O–H groups in total. The zero-order valence-electron chi connectivity index (χ0n) is 11.5. The second-order valence-corrected chi connectivity index (χ2v) is 5.52. The molecule has 1 aliphatic rings. The van der Waals surface area contributed by atoms with E-state index in [1.807, 2.05) is 4.40 Å². The molecule has 1 atom stereocenters. The van der Waals surface area contributed by atoms with E-state index in [-0.39, 0.29) is 5.75 Å². The molecule has 0 aromatic carbocycles. The van der Waals surface area contributed by atoms with Crippen LogP contribution in [-0.4, -0.2) is 37.2 Å². The first-order valence-corrected chi connectivity index (χ1v) is 6.96. The fraction of sp³-hybridized carbons (Fsp3) is 0.571. The largest absolute Gasteiger partial charge is 0.506 e. The molecule has 19 heavy (non-hydrogen) atoms. The third-order valence-electron chi connectivity index (χ3n) is 3.92. The topological polar surface area (TPSA) is 53.7 Å². The van der Waals surface area contributed by atoms with Gasteiger partial charge in [0.05, 0.1) is 12.2 Å². The molecule has 102 valence electrons. The molecule has 1 unspecified atom stereocenters. The molecule has 0 amide bonds. The van der Waals surface area contributed by atoms with E-state index in [0.29, 0.717) is 12.1 Å². The van der Waals surface area contributed by atoms with Crippen LogP contribution >= 0.6 is 0 Å². The Hall–Kier alpha value is -1.62. The first kappa shape index (κ1) is 12.4. The molecule has 1 saturated heterocycles. The van der Waals surface area contributed by atoms with E-state index < -0.39 is 0 Å². The van der Waals surface area contributed by atoms with Crippen molar-refractivity contribution in [2.75, 3.05) is 6.54 Å². The smallest absolute Gasteiger partial charge is 0.161 e. The maximum absolute atomic E-state index is 9.66. The van der Waals surface area contributed by atoms with Gasteiger partial charge in [-0.2, -0.15) is 0 Å². The van der Waals surface area contributed by atoms with Gasteiger partial charge in [0.25, 0.3) is 0 Å². The number of nitrogens with zero attached hydrogens (tertiary/aromatic N) is 4. The summed E-state index contributed by atoms with van der Waals surface area (Å²) in [6, 6.07) is 4.24. The number of likely N-dealkylation sites (tertiary alicyclic amines) is 1. The minimum atomic E-state index is 0.250. The first-order valence-electron chi connectivity index (χ1n) is 6.96. The van der Waals surface area contributed by atoms with Crippen molar-refractivity contribution in [1.29, 1.82) is 0 Å². The van der Waals surface area contributed by atoms with Gasteiger partial charge in [0.1, 0.15) is 5.75 Å². The molecule has 5 heteroatoms. The Morgan fingerprint density at radius 3 is 2.89 bits per heavy atom. The van der Waals surface area contributed by atoms with Crippen LogP contribution in [0.3, 0.4) is 0 Å². The maximum atomic E-state index is 9.66. The summed E-state index contributed by atoms with van der Waals surface area (Å²) in [7, 11) is 0. The van der Waals surface area contributed by atoms with Crippen LogP contribution in [-0.2, 0) is 0 Å². The van der Waals surface area contributed by atoms with Gasteiger partial charge >= 0.3 is 0 Å². The summed E-state index contributed by atoms with van der Waals surface area (Å²) in [6.07, 6.45) is 5.28. The van der Waals surface area contributed by atoms with Crippen LogP contribution in [0.2, 0.25) is 0 Å². The predicted octanol–water partition coefficient (Wildman–Crippen LogP) is 2.37. The Kier molecular flexibility index (Phi) is 3.14. The lowest BCUT2D eigenvalue weighted by molar-refractivity contribution is 0.105. The van der Waals surface area contributed by atoms with Crippen LogP contribution in [0.5, 0.6) is 5.75 Å². The van der Waals surface area contributed by atoms with E-state index in [0.717, 1.165) is 24.4 Å². The van der Waals surface area contributed by atoms with Gasteiger partial charge in [0.2, 0.25) is 0 Å². The summed E-state index contributed by atoms with van der Waals surface area (Å²) in [5, 5.41) is 18.2. The number of aromatic hydroxyl groups is 1. The Labute approximate surface area is 112 Å². The van der Waals surface area contributed by atoms with Crippen molar-refractivity contribution < 1.29 is 5.11 Å². The Morgan fingerprint density at radius 1 is 1.26 bits per heavy atom. The highest BCUT2D eigenvalue weighted by Gasteiger charge is 2.29. The van der Waals surface area contributed by atoms with E-state index in [4.69, 9.17) is 0 Å². The quantitative estimate of drug-likeness (QED) is 0.900. The summed E-state index contributed by atoms with van der Waals surface area (Å²) in [6.45, 7) is 5.55. The van der Waals surface area contributed by atoms with Crippen molar-refractivity contribution in [2.24, 2.45) is 0 Å². The third kappa shape index (κ3) is 2.18. The molecule has 2 aromatic heterocycles. The molecular formula is C14H20N4O. The Morgan fingerprint density at radius 2 is 2.11 bits per heavy atom. The van der Waals surface area contributed by atoms with E-state index in [2.05, 4.69) is 28.9 Å². The van der Waals surface area contributed by atoms with Crippen molar-refractivity contribution >= 4 is 5.65 Å². The van der Waals surface area contributed by atoms with E-state index in [9.17, 15) is 5.11 Å². The lowest BCUT2D eigenvalue weighted by Gasteiger charge is -2.37.